The first-order valence-electron chi connectivity index (χ1n) is 7.79. The zero-order chi connectivity index (χ0) is 18.9. The molecule has 1 heterocycles. The molecule has 0 unspecified atom stereocenters. The molecule has 7 nitrogen and oxygen atoms in total. The Bertz CT molecular complexity index is 948. The van der Waals surface area contributed by atoms with Gasteiger partial charge in [-0.05, 0) is 24.3 Å². The summed E-state index contributed by atoms with van der Waals surface area (Å²) in [5.41, 5.74) is 0.585. The number of ether oxygens (including phenoxy) is 2. The Morgan fingerprint density at radius 2 is 1.46 bits per heavy atom. The van der Waals surface area contributed by atoms with Crippen LogP contribution in [0.15, 0.2) is 47.4 Å². The molecule has 136 valence electrons. The van der Waals surface area contributed by atoms with E-state index in [-0.39, 0.29) is 22.9 Å². The van der Waals surface area contributed by atoms with E-state index in [4.69, 9.17) is 9.47 Å². The number of hydrogen-bond donors (Lipinski definition) is 0. The molecule has 1 aliphatic heterocycles. The first-order valence-corrected chi connectivity index (χ1v) is 9.44. The molecular weight excluding hydrogens is 358 g/mol. The lowest BCUT2D eigenvalue weighted by Crippen LogP contribution is -2.34. The lowest BCUT2D eigenvalue weighted by molar-refractivity contribution is 0.0664. The molecule has 0 aliphatic carbocycles. The number of fused-ring (bicyclic) bond motifs is 1. The fourth-order valence-corrected chi connectivity index (χ4v) is 4.00. The van der Waals surface area contributed by atoms with Crippen molar-refractivity contribution in [3.05, 3.63) is 53.6 Å². The summed E-state index contributed by atoms with van der Waals surface area (Å²) in [6.07, 6.45) is 0. The quantitative estimate of drug-likeness (QED) is 0.715. The second-order valence-electron chi connectivity index (χ2n) is 5.64. The summed E-state index contributed by atoms with van der Waals surface area (Å²) in [6, 6.07) is 10.7. The molecule has 3 rings (SSSR count). The molecule has 0 saturated carbocycles. The average Bonchev–Trinajstić information content (AvgIpc) is 2.90. The van der Waals surface area contributed by atoms with Gasteiger partial charge in [0, 0.05) is 12.6 Å². The average molecular weight is 375 g/mol. The molecule has 0 bridgehead atoms. The summed E-state index contributed by atoms with van der Waals surface area (Å²) < 4.78 is 35.4. The van der Waals surface area contributed by atoms with E-state index in [1.54, 1.807) is 24.3 Å². The van der Waals surface area contributed by atoms with Crippen LogP contribution >= 0.6 is 0 Å². The van der Waals surface area contributed by atoms with E-state index in [0.29, 0.717) is 16.9 Å². The summed E-state index contributed by atoms with van der Waals surface area (Å²) in [5, 5.41) is 0. The minimum absolute atomic E-state index is 0.0340. The number of benzene rings is 2. The Morgan fingerprint density at radius 3 is 2.00 bits per heavy atom. The Labute approximate surface area is 151 Å². The van der Waals surface area contributed by atoms with Gasteiger partial charge in [0.1, 0.15) is 0 Å². The van der Waals surface area contributed by atoms with Crippen molar-refractivity contribution in [2.45, 2.75) is 4.90 Å². The maximum atomic E-state index is 12.6. The molecule has 0 spiro atoms. The maximum absolute atomic E-state index is 12.6. The molecule has 0 N–H and O–H groups in total. The molecular formula is C18H17NO6S. The number of carbonyl (C=O) groups excluding carboxylic acids is 2. The van der Waals surface area contributed by atoms with Crippen molar-refractivity contribution in [1.29, 1.82) is 0 Å². The molecule has 8 heteroatoms. The minimum Gasteiger partial charge on any atom is -0.493 e. The molecule has 1 aliphatic rings. The Balaban J connectivity index is 1.80. The standard InChI is InChI=1S/C18H17NO6S/c1-24-15-8-7-12(11-16(15)25-2)26(22,23)10-9-19-17(20)13-5-3-4-6-14(13)18(19)21/h3-8,11H,9-10H2,1-2H3. The topological polar surface area (TPSA) is 90.0 Å². The second-order valence-corrected chi connectivity index (χ2v) is 7.75. The van der Waals surface area contributed by atoms with E-state index >= 15 is 0 Å². The Kier molecular flexibility index (Phi) is 4.69. The highest BCUT2D eigenvalue weighted by atomic mass is 32.2. The van der Waals surface area contributed by atoms with Crippen LogP contribution in [-0.4, -0.2) is 51.6 Å². The summed E-state index contributed by atoms with van der Waals surface area (Å²) in [4.78, 5) is 25.6. The molecule has 2 aromatic carbocycles. The summed E-state index contributed by atoms with van der Waals surface area (Å²) in [5.74, 6) is -0.643. The summed E-state index contributed by atoms with van der Waals surface area (Å²) in [6.45, 7) is -0.219. The molecule has 0 fully saturated rings. The third-order valence-electron chi connectivity index (χ3n) is 4.18. The van der Waals surface area contributed by atoms with Crippen LogP contribution in [0.1, 0.15) is 20.7 Å². The maximum Gasteiger partial charge on any atom is 0.261 e. The van der Waals surface area contributed by atoms with Crippen LogP contribution in [0.3, 0.4) is 0 Å². The molecule has 26 heavy (non-hydrogen) atoms. The van der Waals surface area contributed by atoms with E-state index in [1.165, 1.54) is 32.4 Å². The van der Waals surface area contributed by atoms with Crippen molar-refractivity contribution in [2.75, 3.05) is 26.5 Å². The fourth-order valence-electron chi connectivity index (χ4n) is 2.78. The van der Waals surface area contributed by atoms with Crippen LogP contribution in [0.5, 0.6) is 11.5 Å². The van der Waals surface area contributed by atoms with Gasteiger partial charge in [-0.3, -0.25) is 14.5 Å². The highest BCUT2D eigenvalue weighted by Crippen LogP contribution is 2.30. The largest absolute Gasteiger partial charge is 0.493 e. The van der Waals surface area contributed by atoms with E-state index < -0.39 is 21.7 Å². The second kappa shape index (κ2) is 6.80. The molecule has 0 atom stereocenters. The van der Waals surface area contributed by atoms with E-state index in [1.807, 2.05) is 0 Å². The number of methoxy groups -OCH3 is 2. The van der Waals surface area contributed by atoms with Gasteiger partial charge in [-0.15, -0.1) is 0 Å². The van der Waals surface area contributed by atoms with Crippen molar-refractivity contribution in [2.24, 2.45) is 0 Å². The van der Waals surface area contributed by atoms with Gasteiger partial charge in [0.25, 0.3) is 11.8 Å². The highest BCUT2D eigenvalue weighted by molar-refractivity contribution is 7.91. The number of amides is 2. The van der Waals surface area contributed by atoms with Gasteiger partial charge < -0.3 is 9.47 Å². The van der Waals surface area contributed by atoms with Gasteiger partial charge in [-0.2, -0.15) is 0 Å². The normalized spacial score (nSPS) is 13.7. The Hall–Kier alpha value is -2.87. The van der Waals surface area contributed by atoms with Crippen molar-refractivity contribution >= 4 is 21.7 Å². The highest BCUT2D eigenvalue weighted by Gasteiger charge is 2.35. The smallest absolute Gasteiger partial charge is 0.261 e. The van der Waals surface area contributed by atoms with Crippen molar-refractivity contribution in [3.63, 3.8) is 0 Å². The van der Waals surface area contributed by atoms with Crippen LogP contribution in [0, 0.1) is 0 Å². The van der Waals surface area contributed by atoms with E-state index in [9.17, 15) is 18.0 Å². The number of nitrogens with zero attached hydrogens (tertiary/aromatic N) is 1. The molecule has 2 aromatic rings. The molecule has 0 aromatic heterocycles. The fraction of sp³-hybridized carbons (Fsp3) is 0.222. The third kappa shape index (κ3) is 3.03. The van der Waals surface area contributed by atoms with Gasteiger partial charge >= 0.3 is 0 Å². The van der Waals surface area contributed by atoms with Crippen LogP contribution in [0.25, 0.3) is 0 Å². The van der Waals surface area contributed by atoms with Crippen LogP contribution in [0.4, 0.5) is 0 Å². The number of rotatable bonds is 6. The number of sulfone groups is 1. The third-order valence-corrected chi connectivity index (χ3v) is 5.87. The SMILES string of the molecule is COc1ccc(S(=O)(=O)CCN2C(=O)c3ccccc3C2=O)cc1OC. The predicted octanol–water partition coefficient (Wildman–Crippen LogP) is 1.77. The van der Waals surface area contributed by atoms with Crippen LogP contribution in [-0.2, 0) is 9.84 Å². The first-order chi connectivity index (χ1) is 12.4. The lowest BCUT2D eigenvalue weighted by Gasteiger charge is -2.14. The van der Waals surface area contributed by atoms with Gasteiger partial charge in [0.2, 0.25) is 0 Å². The summed E-state index contributed by atoms with van der Waals surface area (Å²) >= 11 is 0. The van der Waals surface area contributed by atoms with E-state index in [2.05, 4.69) is 0 Å². The number of carbonyl (C=O) groups is 2. The van der Waals surface area contributed by atoms with Gasteiger partial charge in [0.15, 0.2) is 21.3 Å². The van der Waals surface area contributed by atoms with Gasteiger partial charge in [0.05, 0.1) is 36.0 Å². The molecule has 0 saturated heterocycles. The summed E-state index contributed by atoms with van der Waals surface area (Å²) in [7, 11) is -0.859. The van der Waals surface area contributed by atoms with Crippen LogP contribution < -0.4 is 9.47 Å². The Morgan fingerprint density at radius 1 is 0.885 bits per heavy atom. The van der Waals surface area contributed by atoms with Crippen molar-refractivity contribution in [3.8, 4) is 11.5 Å². The first kappa shape index (κ1) is 17.9. The van der Waals surface area contributed by atoms with Crippen LogP contribution in [0.2, 0.25) is 0 Å². The minimum atomic E-state index is -3.72. The molecule has 0 radical (unpaired) electrons. The lowest BCUT2D eigenvalue weighted by atomic mass is 10.1. The van der Waals surface area contributed by atoms with Gasteiger partial charge in [-0.25, -0.2) is 8.42 Å². The molecule has 2 amide bonds. The zero-order valence-electron chi connectivity index (χ0n) is 14.3. The predicted molar refractivity (Wildman–Crippen MR) is 93.4 cm³/mol. The van der Waals surface area contributed by atoms with E-state index in [0.717, 1.165) is 4.90 Å². The zero-order valence-corrected chi connectivity index (χ0v) is 15.1. The number of imide groups is 1. The monoisotopic (exact) mass is 375 g/mol. The van der Waals surface area contributed by atoms with Gasteiger partial charge in [-0.1, -0.05) is 12.1 Å². The van der Waals surface area contributed by atoms with Crippen molar-refractivity contribution < 1.29 is 27.5 Å². The van der Waals surface area contributed by atoms with Crippen molar-refractivity contribution in [1.82, 2.24) is 4.90 Å². The number of hydrogen-bond acceptors (Lipinski definition) is 6.